The van der Waals surface area contributed by atoms with E-state index in [9.17, 15) is 4.79 Å². The van der Waals surface area contributed by atoms with E-state index in [1.807, 2.05) is 65.3 Å². The zero-order valence-electron chi connectivity index (χ0n) is 21.6. The largest absolute Gasteiger partial charge is 0.421 e. The Morgan fingerprint density at radius 1 is 1.03 bits per heavy atom. The average molecular weight is 508 g/mol. The standard InChI is InChI=1S/C29H29N7O2/c1-17(2)15-30-25-14-24(19-4-10-22(11-5-19)29-34-33-18(3)38-29)35-36-26(16-31-27(25)36)20-6-8-21(9-7-20)28(37)32-23-12-13-23/h4-11,14,16-17,23,30H,12-13,15H2,1-3H3,(H,32,37). The number of anilines is 1. The number of aryl methyl sites for hydroxylation is 1. The fourth-order valence-electron chi connectivity index (χ4n) is 4.24. The molecule has 0 radical (unpaired) electrons. The van der Waals surface area contributed by atoms with E-state index in [2.05, 4.69) is 34.7 Å². The fourth-order valence-corrected chi connectivity index (χ4v) is 4.24. The predicted molar refractivity (Wildman–Crippen MR) is 146 cm³/mol. The Morgan fingerprint density at radius 2 is 1.74 bits per heavy atom. The van der Waals surface area contributed by atoms with Gasteiger partial charge in [-0.25, -0.2) is 9.50 Å². The van der Waals surface area contributed by atoms with Crippen LogP contribution >= 0.6 is 0 Å². The topological polar surface area (TPSA) is 110 Å². The van der Waals surface area contributed by atoms with E-state index in [4.69, 9.17) is 14.5 Å². The Morgan fingerprint density at radius 3 is 2.39 bits per heavy atom. The monoisotopic (exact) mass is 507 g/mol. The van der Waals surface area contributed by atoms with E-state index in [0.29, 0.717) is 29.3 Å². The Balaban J connectivity index is 1.37. The number of benzene rings is 2. The molecular formula is C29H29N7O2. The molecule has 0 bridgehead atoms. The maximum Gasteiger partial charge on any atom is 0.251 e. The van der Waals surface area contributed by atoms with Gasteiger partial charge in [-0.3, -0.25) is 4.79 Å². The van der Waals surface area contributed by atoms with Crippen molar-refractivity contribution in [2.45, 2.75) is 39.7 Å². The molecule has 2 aromatic carbocycles. The highest BCUT2D eigenvalue weighted by Gasteiger charge is 2.24. The van der Waals surface area contributed by atoms with Crippen LogP contribution in [-0.2, 0) is 0 Å². The van der Waals surface area contributed by atoms with Crippen molar-refractivity contribution in [1.29, 1.82) is 0 Å². The lowest BCUT2D eigenvalue weighted by atomic mass is 10.1. The average Bonchev–Trinajstić information content (AvgIpc) is 3.46. The molecule has 6 rings (SSSR count). The summed E-state index contributed by atoms with van der Waals surface area (Å²) in [4.78, 5) is 17.1. The van der Waals surface area contributed by atoms with Gasteiger partial charge in [0.1, 0.15) is 0 Å². The van der Waals surface area contributed by atoms with E-state index in [1.165, 1.54) is 0 Å². The molecule has 0 aliphatic heterocycles. The van der Waals surface area contributed by atoms with Crippen molar-refractivity contribution in [2.24, 2.45) is 5.92 Å². The van der Waals surface area contributed by atoms with Gasteiger partial charge in [0.25, 0.3) is 5.91 Å². The van der Waals surface area contributed by atoms with Crippen LogP contribution in [0.15, 0.2) is 65.2 Å². The van der Waals surface area contributed by atoms with Crippen LogP contribution < -0.4 is 10.6 Å². The number of imidazole rings is 1. The van der Waals surface area contributed by atoms with Crippen LogP contribution in [0.2, 0.25) is 0 Å². The van der Waals surface area contributed by atoms with E-state index in [-0.39, 0.29) is 5.91 Å². The van der Waals surface area contributed by atoms with Crippen LogP contribution in [0.3, 0.4) is 0 Å². The van der Waals surface area contributed by atoms with Crippen LogP contribution in [0.1, 0.15) is 42.9 Å². The number of hydrogen-bond donors (Lipinski definition) is 2. The number of amides is 1. The van der Waals surface area contributed by atoms with E-state index in [1.54, 1.807) is 6.92 Å². The molecule has 1 fully saturated rings. The van der Waals surface area contributed by atoms with Crippen molar-refractivity contribution >= 4 is 17.2 Å². The van der Waals surface area contributed by atoms with Gasteiger partial charge in [0.2, 0.25) is 11.8 Å². The molecule has 192 valence electrons. The van der Waals surface area contributed by atoms with Crippen molar-refractivity contribution in [3.8, 4) is 34.0 Å². The summed E-state index contributed by atoms with van der Waals surface area (Å²) >= 11 is 0. The SMILES string of the molecule is Cc1nnc(-c2ccc(-c3cc(NCC(C)C)c4ncc(-c5ccc(C(=O)NC6CC6)cc5)n4n3)cc2)o1. The summed E-state index contributed by atoms with van der Waals surface area (Å²) in [5.74, 6) is 1.45. The Hall–Kier alpha value is -4.53. The molecule has 3 aromatic heterocycles. The third kappa shape index (κ3) is 4.87. The Labute approximate surface area is 220 Å². The second-order valence-corrected chi connectivity index (χ2v) is 10.1. The Kier molecular flexibility index (Phi) is 6.11. The van der Waals surface area contributed by atoms with Gasteiger partial charge in [-0.15, -0.1) is 10.2 Å². The summed E-state index contributed by atoms with van der Waals surface area (Å²) in [6.07, 6.45) is 3.95. The summed E-state index contributed by atoms with van der Waals surface area (Å²) < 4.78 is 7.43. The van der Waals surface area contributed by atoms with E-state index < -0.39 is 0 Å². The normalized spacial score (nSPS) is 13.3. The summed E-state index contributed by atoms with van der Waals surface area (Å²) in [6.45, 7) is 6.92. The first kappa shape index (κ1) is 23.8. The molecule has 9 heteroatoms. The molecule has 1 aliphatic carbocycles. The van der Waals surface area contributed by atoms with Gasteiger partial charge in [0.15, 0.2) is 5.65 Å². The van der Waals surface area contributed by atoms with Crippen molar-refractivity contribution < 1.29 is 9.21 Å². The van der Waals surface area contributed by atoms with Gasteiger partial charge in [0.05, 0.1) is 23.3 Å². The van der Waals surface area contributed by atoms with Crippen molar-refractivity contribution in [3.63, 3.8) is 0 Å². The molecule has 1 amide bonds. The van der Waals surface area contributed by atoms with Crippen LogP contribution in [0.5, 0.6) is 0 Å². The third-order valence-corrected chi connectivity index (χ3v) is 6.48. The first-order valence-electron chi connectivity index (χ1n) is 12.9. The van der Waals surface area contributed by atoms with Gasteiger partial charge in [-0.05, 0) is 49.1 Å². The lowest BCUT2D eigenvalue weighted by Gasteiger charge is -2.13. The van der Waals surface area contributed by atoms with E-state index >= 15 is 0 Å². The quantitative estimate of drug-likeness (QED) is 0.290. The van der Waals surface area contributed by atoms with Crippen molar-refractivity contribution in [2.75, 3.05) is 11.9 Å². The first-order valence-corrected chi connectivity index (χ1v) is 12.9. The van der Waals surface area contributed by atoms with Crippen LogP contribution in [0.25, 0.3) is 39.6 Å². The van der Waals surface area contributed by atoms with Crippen molar-refractivity contribution in [1.82, 2.24) is 30.1 Å². The number of hydrogen-bond acceptors (Lipinski definition) is 7. The van der Waals surface area contributed by atoms with Crippen LogP contribution in [0, 0.1) is 12.8 Å². The van der Waals surface area contributed by atoms with Gasteiger partial charge in [0, 0.05) is 41.8 Å². The molecule has 2 N–H and O–H groups in total. The van der Waals surface area contributed by atoms with Crippen LogP contribution in [0.4, 0.5) is 5.69 Å². The van der Waals surface area contributed by atoms with Gasteiger partial charge < -0.3 is 15.1 Å². The highest BCUT2D eigenvalue weighted by molar-refractivity contribution is 5.95. The zero-order chi connectivity index (χ0) is 26.2. The second-order valence-electron chi connectivity index (χ2n) is 10.1. The smallest absolute Gasteiger partial charge is 0.251 e. The predicted octanol–water partition coefficient (Wildman–Crippen LogP) is 5.38. The second kappa shape index (κ2) is 9.74. The summed E-state index contributed by atoms with van der Waals surface area (Å²) in [6, 6.07) is 17.9. The minimum Gasteiger partial charge on any atom is -0.421 e. The number of aromatic nitrogens is 5. The van der Waals surface area contributed by atoms with Crippen molar-refractivity contribution in [3.05, 3.63) is 72.2 Å². The van der Waals surface area contributed by atoms with Crippen LogP contribution in [-0.4, -0.2) is 43.3 Å². The van der Waals surface area contributed by atoms with E-state index in [0.717, 1.165) is 58.8 Å². The number of rotatable bonds is 8. The minimum atomic E-state index is -0.0306. The fraction of sp³-hybridized carbons (Fsp3) is 0.276. The van der Waals surface area contributed by atoms with Gasteiger partial charge >= 0.3 is 0 Å². The highest BCUT2D eigenvalue weighted by Crippen LogP contribution is 2.30. The zero-order valence-corrected chi connectivity index (χ0v) is 21.6. The summed E-state index contributed by atoms with van der Waals surface area (Å²) in [7, 11) is 0. The molecule has 0 spiro atoms. The molecule has 0 unspecified atom stereocenters. The molecule has 0 saturated heterocycles. The number of carbonyl (C=O) groups excluding carboxylic acids is 1. The number of fused-ring (bicyclic) bond motifs is 1. The van der Waals surface area contributed by atoms with Gasteiger partial charge in [-0.2, -0.15) is 5.10 Å². The molecule has 38 heavy (non-hydrogen) atoms. The Bertz CT molecular complexity index is 1600. The lowest BCUT2D eigenvalue weighted by molar-refractivity contribution is 0.0951. The molecular weight excluding hydrogens is 478 g/mol. The highest BCUT2D eigenvalue weighted by atomic mass is 16.4. The number of nitrogens with zero attached hydrogens (tertiary/aromatic N) is 5. The maximum absolute atomic E-state index is 12.4. The third-order valence-electron chi connectivity index (χ3n) is 6.48. The molecule has 3 heterocycles. The molecule has 0 atom stereocenters. The lowest BCUT2D eigenvalue weighted by Crippen LogP contribution is -2.25. The first-order chi connectivity index (χ1) is 18.4. The van der Waals surface area contributed by atoms with Gasteiger partial charge in [-0.1, -0.05) is 38.1 Å². The summed E-state index contributed by atoms with van der Waals surface area (Å²) in [5, 5.41) is 19.6. The molecule has 1 saturated carbocycles. The summed E-state index contributed by atoms with van der Waals surface area (Å²) in [5.41, 5.74) is 6.69. The maximum atomic E-state index is 12.4. The molecule has 9 nitrogen and oxygen atoms in total. The number of carbonyl (C=O) groups is 1. The molecule has 1 aliphatic rings. The number of nitrogens with one attached hydrogen (secondary N) is 2. The molecule has 5 aromatic rings. The minimum absolute atomic E-state index is 0.0306.